The zero-order valence-electron chi connectivity index (χ0n) is 9.60. The van der Waals surface area contributed by atoms with Crippen molar-refractivity contribution >= 4 is 17.6 Å². The van der Waals surface area contributed by atoms with Crippen molar-refractivity contribution < 1.29 is 4.79 Å². The SMILES string of the molecule is O=C1N(Cc2ccc(Cl)cc2)CC2CCCN12. The van der Waals surface area contributed by atoms with E-state index in [0.29, 0.717) is 12.6 Å². The first-order chi connectivity index (χ1) is 8.24. The fraction of sp³-hybridized carbons (Fsp3) is 0.462. The average molecular weight is 251 g/mol. The van der Waals surface area contributed by atoms with Crippen LogP contribution in [0.15, 0.2) is 24.3 Å². The van der Waals surface area contributed by atoms with Gasteiger partial charge in [0, 0.05) is 24.7 Å². The van der Waals surface area contributed by atoms with Crippen LogP contribution in [-0.4, -0.2) is 35.0 Å². The Morgan fingerprint density at radius 1 is 1.29 bits per heavy atom. The molecule has 3 nitrogen and oxygen atoms in total. The number of rotatable bonds is 2. The van der Waals surface area contributed by atoms with Crippen LogP contribution in [0.3, 0.4) is 0 Å². The third kappa shape index (κ3) is 2.00. The second kappa shape index (κ2) is 4.22. The van der Waals surface area contributed by atoms with Gasteiger partial charge in [0.05, 0.1) is 6.04 Å². The number of halogens is 1. The molecule has 0 saturated carbocycles. The van der Waals surface area contributed by atoms with Gasteiger partial charge in [0.15, 0.2) is 0 Å². The van der Waals surface area contributed by atoms with E-state index in [4.69, 9.17) is 11.6 Å². The molecule has 1 aromatic rings. The zero-order chi connectivity index (χ0) is 11.8. The van der Waals surface area contributed by atoms with E-state index in [9.17, 15) is 4.79 Å². The van der Waals surface area contributed by atoms with E-state index in [1.165, 1.54) is 0 Å². The fourth-order valence-corrected chi connectivity index (χ4v) is 2.86. The highest BCUT2D eigenvalue weighted by molar-refractivity contribution is 6.30. The Labute approximate surface area is 106 Å². The van der Waals surface area contributed by atoms with E-state index in [1.807, 2.05) is 34.1 Å². The quantitative estimate of drug-likeness (QED) is 0.792. The third-order valence-corrected chi connectivity index (χ3v) is 3.86. The predicted molar refractivity (Wildman–Crippen MR) is 67.0 cm³/mol. The number of hydrogen-bond acceptors (Lipinski definition) is 1. The fourth-order valence-electron chi connectivity index (χ4n) is 2.73. The molecule has 90 valence electrons. The lowest BCUT2D eigenvalue weighted by molar-refractivity contribution is 0.192. The smallest absolute Gasteiger partial charge is 0.320 e. The van der Waals surface area contributed by atoms with Crippen molar-refractivity contribution in [3.05, 3.63) is 34.9 Å². The topological polar surface area (TPSA) is 23.6 Å². The lowest BCUT2D eigenvalue weighted by Crippen LogP contribution is -2.31. The summed E-state index contributed by atoms with van der Waals surface area (Å²) in [5.74, 6) is 0. The highest BCUT2D eigenvalue weighted by Gasteiger charge is 2.39. The van der Waals surface area contributed by atoms with Gasteiger partial charge in [-0.25, -0.2) is 4.79 Å². The van der Waals surface area contributed by atoms with Crippen molar-refractivity contribution in [1.29, 1.82) is 0 Å². The second-order valence-electron chi connectivity index (χ2n) is 4.78. The molecule has 0 aliphatic carbocycles. The number of carbonyl (C=O) groups is 1. The van der Waals surface area contributed by atoms with E-state index < -0.39 is 0 Å². The molecule has 2 aliphatic rings. The maximum Gasteiger partial charge on any atom is 0.320 e. The van der Waals surface area contributed by atoms with Gasteiger partial charge in [-0.3, -0.25) is 0 Å². The van der Waals surface area contributed by atoms with Crippen LogP contribution in [0.5, 0.6) is 0 Å². The normalized spacial score (nSPS) is 23.4. The summed E-state index contributed by atoms with van der Waals surface area (Å²) in [6.45, 7) is 2.51. The monoisotopic (exact) mass is 250 g/mol. The predicted octanol–water partition coefficient (Wildman–Crippen LogP) is 2.74. The molecule has 1 unspecified atom stereocenters. The summed E-state index contributed by atoms with van der Waals surface area (Å²) >= 11 is 5.85. The molecule has 0 radical (unpaired) electrons. The van der Waals surface area contributed by atoms with E-state index in [-0.39, 0.29) is 6.03 Å². The van der Waals surface area contributed by atoms with Crippen LogP contribution in [0.25, 0.3) is 0 Å². The summed E-state index contributed by atoms with van der Waals surface area (Å²) in [7, 11) is 0. The van der Waals surface area contributed by atoms with Gasteiger partial charge in [-0.05, 0) is 30.5 Å². The van der Waals surface area contributed by atoms with Crippen LogP contribution in [-0.2, 0) is 6.54 Å². The molecular weight excluding hydrogens is 236 g/mol. The van der Waals surface area contributed by atoms with Crippen molar-refractivity contribution in [2.24, 2.45) is 0 Å². The van der Waals surface area contributed by atoms with Crippen molar-refractivity contribution in [3.63, 3.8) is 0 Å². The van der Waals surface area contributed by atoms with E-state index in [0.717, 1.165) is 36.5 Å². The van der Waals surface area contributed by atoms with Crippen LogP contribution in [0.4, 0.5) is 4.79 Å². The van der Waals surface area contributed by atoms with Gasteiger partial charge in [0.25, 0.3) is 0 Å². The molecule has 1 aromatic carbocycles. The maximum atomic E-state index is 12.1. The van der Waals surface area contributed by atoms with Crippen LogP contribution < -0.4 is 0 Å². The molecule has 0 N–H and O–H groups in total. The maximum absolute atomic E-state index is 12.1. The zero-order valence-corrected chi connectivity index (χ0v) is 10.4. The molecule has 2 aliphatic heterocycles. The van der Waals surface area contributed by atoms with Gasteiger partial charge in [-0.2, -0.15) is 0 Å². The minimum Gasteiger partial charge on any atom is -0.320 e. The van der Waals surface area contributed by atoms with Crippen LogP contribution in [0.2, 0.25) is 5.02 Å². The Morgan fingerprint density at radius 3 is 2.76 bits per heavy atom. The average Bonchev–Trinajstić information content (AvgIpc) is 2.87. The van der Waals surface area contributed by atoms with E-state index in [1.54, 1.807) is 0 Å². The highest BCUT2D eigenvalue weighted by Crippen LogP contribution is 2.27. The molecule has 2 heterocycles. The van der Waals surface area contributed by atoms with Gasteiger partial charge >= 0.3 is 6.03 Å². The molecule has 2 saturated heterocycles. The molecule has 0 bridgehead atoms. The molecule has 17 heavy (non-hydrogen) atoms. The van der Waals surface area contributed by atoms with Crippen LogP contribution >= 0.6 is 11.6 Å². The third-order valence-electron chi connectivity index (χ3n) is 3.61. The Balaban J connectivity index is 1.70. The first kappa shape index (κ1) is 10.9. The van der Waals surface area contributed by atoms with E-state index >= 15 is 0 Å². The molecule has 2 amide bonds. The number of urea groups is 1. The first-order valence-corrected chi connectivity index (χ1v) is 6.42. The lowest BCUT2D eigenvalue weighted by atomic mass is 10.2. The minimum atomic E-state index is 0.197. The van der Waals surface area contributed by atoms with Crippen LogP contribution in [0, 0.1) is 0 Å². The van der Waals surface area contributed by atoms with Crippen molar-refractivity contribution in [3.8, 4) is 0 Å². The van der Waals surface area contributed by atoms with Gasteiger partial charge < -0.3 is 9.80 Å². The molecule has 1 atom stereocenters. The Bertz CT molecular complexity index is 432. The Morgan fingerprint density at radius 2 is 2.06 bits per heavy atom. The largest absolute Gasteiger partial charge is 0.320 e. The number of hydrogen-bond donors (Lipinski definition) is 0. The Kier molecular flexibility index (Phi) is 2.71. The number of amides is 2. The summed E-state index contributed by atoms with van der Waals surface area (Å²) in [5.41, 5.74) is 1.14. The molecule has 4 heteroatoms. The van der Waals surface area contributed by atoms with Gasteiger partial charge in [-0.1, -0.05) is 23.7 Å². The summed E-state index contributed by atoms with van der Waals surface area (Å²) in [6.07, 6.45) is 2.31. The molecular formula is C13H15ClN2O. The lowest BCUT2D eigenvalue weighted by Gasteiger charge is -2.17. The van der Waals surface area contributed by atoms with E-state index in [2.05, 4.69) is 0 Å². The number of nitrogens with zero attached hydrogens (tertiary/aromatic N) is 2. The molecule has 0 aromatic heterocycles. The second-order valence-corrected chi connectivity index (χ2v) is 5.22. The number of benzene rings is 1. The van der Waals surface area contributed by atoms with Gasteiger partial charge in [-0.15, -0.1) is 0 Å². The Hall–Kier alpha value is -1.22. The summed E-state index contributed by atoms with van der Waals surface area (Å²) in [5, 5.41) is 0.738. The summed E-state index contributed by atoms with van der Waals surface area (Å²) < 4.78 is 0. The van der Waals surface area contributed by atoms with Crippen molar-refractivity contribution in [2.45, 2.75) is 25.4 Å². The number of carbonyl (C=O) groups excluding carboxylic acids is 1. The number of fused-ring (bicyclic) bond motifs is 1. The minimum absolute atomic E-state index is 0.197. The first-order valence-electron chi connectivity index (χ1n) is 6.04. The summed E-state index contributed by atoms with van der Waals surface area (Å²) in [4.78, 5) is 16.0. The standard InChI is InChI=1S/C13H15ClN2O/c14-11-5-3-10(4-6-11)8-15-9-12-2-1-7-16(12)13(15)17/h3-6,12H,1-2,7-9H2. The van der Waals surface area contributed by atoms with Crippen molar-refractivity contribution in [2.75, 3.05) is 13.1 Å². The summed E-state index contributed by atoms with van der Waals surface area (Å²) in [6, 6.07) is 8.37. The van der Waals surface area contributed by atoms with Gasteiger partial charge in [0.2, 0.25) is 0 Å². The van der Waals surface area contributed by atoms with Gasteiger partial charge in [0.1, 0.15) is 0 Å². The van der Waals surface area contributed by atoms with Crippen molar-refractivity contribution in [1.82, 2.24) is 9.80 Å². The molecule has 3 rings (SSSR count). The molecule has 2 fully saturated rings. The highest BCUT2D eigenvalue weighted by atomic mass is 35.5. The molecule has 0 spiro atoms. The van der Waals surface area contributed by atoms with Crippen LogP contribution in [0.1, 0.15) is 18.4 Å².